The molecule has 1 aromatic carbocycles. The van der Waals surface area contributed by atoms with Crippen molar-refractivity contribution in [1.82, 2.24) is 4.31 Å². The van der Waals surface area contributed by atoms with E-state index in [4.69, 9.17) is 11.6 Å². The topological polar surface area (TPSA) is 37.4 Å². The first kappa shape index (κ1) is 15.8. The van der Waals surface area contributed by atoms with E-state index in [9.17, 15) is 8.42 Å². The maximum Gasteiger partial charge on any atom is 0.243 e. The van der Waals surface area contributed by atoms with Crippen LogP contribution in [0.15, 0.2) is 23.1 Å². The van der Waals surface area contributed by atoms with Crippen molar-refractivity contribution in [2.45, 2.75) is 44.4 Å². The molecule has 0 unspecified atom stereocenters. The molecule has 0 amide bonds. The molecule has 20 heavy (non-hydrogen) atoms. The molecule has 0 saturated carbocycles. The number of hydrogen-bond donors (Lipinski definition) is 0. The monoisotopic (exact) mass is 315 g/mol. The third-order valence-electron chi connectivity index (χ3n) is 4.23. The number of sulfonamides is 1. The Balaban J connectivity index is 2.32. The molecule has 112 valence electrons. The Kier molecular flexibility index (Phi) is 4.47. The van der Waals surface area contributed by atoms with Gasteiger partial charge < -0.3 is 0 Å². The lowest BCUT2D eigenvalue weighted by Crippen LogP contribution is -2.41. The Bertz CT molecular complexity index is 586. The first-order chi connectivity index (χ1) is 9.28. The van der Waals surface area contributed by atoms with Gasteiger partial charge in [0.2, 0.25) is 10.0 Å². The van der Waals surface area contributed by atoms with Crippen LogP contribution < -0.4 is 0 Å². The van der Waals surface area contributed by atoms with Crippen LogP contribution in [0, 0.1) is 12.3 Å². The van der Waals surface area contributed by atoms with Gasteiger partial charge in [-0.1, -0.05) is 26.0 Å². The Morgan fingerprint density at radius 3 is 2.40 bits per heavy atom. The number of piperidine rings is 1. The van der Waals surface area contributed by atoms with Gasteiger partial charge in [0.25, 0.3) is 0 Å². The second-order valence-corrected chi connectivity index (χ2v) is 8.42. The molecule has 1 heterocycles. The second kappa shape index (κ2) is 5.66. The van der Waals surface area contributed by atoms with Crippen LogP contribution in [0.1, 0.15) is 37.8 Å². The van der Waals surface area contributed by atoms with Crippen LogP contribution in [0.5, 0.6) is 0 Å². The summed E-state index contributed by atoms with van der Waals surface area (Å²) in [6.07, 6.45) is 1.81. The molecule has 1 fully saturated rings. The summed E-state index contributed by atoms with van der Waals surface area (Å²) in [5, 5.41) is 0. The van der Waals surface area contributed by atoms with Crippen LogP contribution in [0.3, 0.4) is 0 Å². The van der Waals surface area contributed by atoms with Crippen LogP contribution >= 0.6 is 11.6 Å². The Morgan fingerprint density at radius 2 is 1.85 bits per heavy atom. The van der Waals surface area contributed by atoms with Crippen LogP contribution in [0.25, 0.3) is 0 Å². The molecule has 0 bridgehead atoms. The number of alkyl halides is 1. The zero-order valence-electron chi connectivity index (χ0n) is 12.3. The molecule has 1 saturated heterocycles. The van der Waals surface area contributed by atoms with Gasteiger partial charge in [0.1, 0.15) is 0 Å². The highest BCUT2D eigenvalue weighted by molar-refractivity contribution is 7.89. The van der Waals surface area contributed by atoms with Gasteiger partial charge in [-0.3, -0.25) is 0 Å². The van der Waals surface area contributed by atoms with Gasteiger partial charge in [-0.15, -0.1) is 11.6 Å². The van der Waals surface area contributed by atoms with Gasteiger partial charge >= 0.3 is 0 Å². The number of benzene rings is 1. The van der Waals surface area contributed by atoms with Gasteiger partial charge in [-0.05, 0) is 42.4 Å². The highest BCUT2D eigenvalue weighted by Gasteiger charge is 2.33. The second-order valence-electron chi connectivity index (χ2n) is 6.24. The summed E-state index contributed by atoms with van der Waals surface area (Å²) in [6.45, 7) is 7.41. The minimum atomic E-state index is -3.40. The van der Waals surface area contributed by atoms with E-state index in [1.54, 1.807) is 16.4 Å². The molecule has 1 aliphatic heterocycles. The van der Waals surface area contributed by atoms with Gasteiger partial charge in [-0.2, -0.15) is 4.31 Å². The van der Waals surface area contributed by atoms with E-state index >= 15 is 0 Å². The molecule has 0 N–H and O–H groups in total. The van der Waals surface area contributed by atoms with E-state index in [0.29, 0.717) is 23.9 Å². The summed E-state index contributed by atoms with van der Waals surface area (Å²) < 4.78 is 27.1. The third kappa shape index (κ3) is 3.02. The van der Waals surface area contributed by atoms with E-state index in [1.165, 1.54) is 0 Å². The third-order valence-corrected chi connectivity index (χ3v) is 6.57. The summed E-state index contributed by atoms with van der Waals surface area (Å²) in [7, 11) is -3.40. The van der Waals surface area contributed by atoms with Crippen molar-refractivity contribution >= 4 is 21.6 Å². The average molecular weight is 316 g/mol. The fourth-order valence-corrected chi connectivity index (χ4v) is 4.55. The molecule has 0 atom stereocenters. The lowest BCUT2D eigenvalue weighted by atomic mass is 9.83. The van der Waals surface area contributed by atoms with Crippen LogP contribution in [0.2, 0.25) is 0 Å². The minimum Gasteiger partial charge on any atom is -0.207 e. The molecule has 2 rings (SSSR count). The molecule has 1 aromatic rings. The van der Waals surface area contributed by atoms with Crippen molar-refractivity contribution in [3.63, 3.8) is 0 Å². The maximum atomic E-state index is 12.8. The fraction of sp³-hybridized carbons (Fsp3) is 0.600. The molecule has 0 aromatic heterocycles. The largest absolute Gasteiger partial charge is 0.243 e. The van der Waals surface area contributed by atoms with E-state index in [1.807, 2.05) is 13.0 Å². The van der Waals surface area contributed by atoms with Crippen LogP contribution in [0.4, 0.5) is 0 Å². The summed E-state index contributed by atoms with van der Waals surface area (Å²) in [4.78, 5) is 0.398. The quantitative estimate of drug-likeness (QED) is 0.800. The normalized spacial score (nSPS) is 20.0. The number of nitrogens with zero attached hydrogens (tertiary/aromatic N) is 1. The van der Waals surface area contributed by atoms with Gasteiger partial charge in [0.05, 0.1) is 4.90 Å². The summed E-state index contributed by atoms with van der Waals surface area (Å²) in [5.74, 6) is 0.336. The molecule has 1 aliphatic rings. The number of hydrogen-bond acceptors (Lipinski definition) is 2. The summed E-state index contributed by atoms with van der Waals surface area (Å²) in [5.41, 5.74) is 1.89. The van der Waals surface area contributed by atoms with Crippen LogP contribution in [-0.2, 0) is 15.9 Å². The van der Waals surface area contributed by atoms with E-state index in [2.05, 4.69) is 13.8 Å². The zero-order valence-corrected chi connectivity index (χ0v) is 13.9. The molecule has 0 radical (unpaired) electrons. The number of halogens is 1. The molecular formula is C15H22ClNO2S. The predicted molar refractivity (Wildman–Crippen MR) is 82.5 cm³/mol. The standard InChI is InChI=1S/C15H22ClNO2S/c1-12-13(11-16)5-4-6-14(12)20(18,19)17-9-7-15(2,3)8-10-17/h4-6H,7-11H2,1-3H3. The minimum absolute atomic E-state index is 0.235. The zero-order chi connectivity index (χ0) is 15.0. The molecule has 3 nitrogen and oxygen atoms in total. The Morgan fingerprint density at radius 1 is 1.25 bits per heavy atom. The van der Waals surface area contributed by atoms with Crippen molar-refractivity contribution < 1.29 is 8.42 Å². The van der Waals surface area contributed by atoms with Crippen LogP contribution in [-0.4, -0.2) is 25.8 Å². The maximum absolute atomic E-state index is 12.8. The van der Waals surface area contributed by atoms with Crippen molar-refractivity contribution in [2.24, 2.45) is 5.41 Å². The van der Waals surface area contributed by atoms with Crippen molar-refractivity contribution in [2.75, 3.05) is 13.1 Å². The average Bonchev–Trinajstić information content (AvgIpc) is 2.38. The summed E-state index contributed by atoms with van der Waals surface area (Å²) >= 11 is 5.87. The van der Waals surface area contributed by atoms with E-state index in [0.717, 1.165) is 24.0 Å². The molecule has 0 spiro atoms. The molecule has 5 heteroatoms. The van der Waals surface area contributed by atoms with Crippen molar-refractivity contribution in [1.29, 1.82) is 0 Å². The molecular weight excluding hydrogens is 294 g/mol. The first-order valence-electron chi connectivity index (χ1n) is 6.92. The molecule has 0 aliphatic carbocycles. The Labute approximate surface area is 127 Å². The Hall–Kier alpha value is -0.580. The van der Waals surface area contributed by atoms with Gasteiger partial charge in [0, 0.05) is 19.0 Å². The lowest BCUT2D eigenvalue weighted by Gasteiger charge is -2.36. The number of rotatable bonds is 3. The lowest BCUT2D eigenvalue weighted by molar-refractivity contribution is 0.196. The van der Waals surface area contributed by atoms with E-state index < -0.39 is 10.0 Å². The van der Waals surface area contributed by atoms with Gasteiger partial charge in [-0.25, -0.2) is 8.42 Å². The van der Waals surface area contributed by atoms with Crippen molar-refractivity contribution in [3.05, 3.63) is 29.3 Å². The highest BCUT2D eigenvalue weighted by atomic mass is 35.5. The smallest absolute Gasteiger partial charge is 0.207 e. The first-order valence-corrected chi connectivity index (χ1v) is 8.90. The predicted octanol–water partition coefficient (Wildman–Crippen LogP) is 3.54. The SMILES string of the molecule is Cc1c(CCl)cccc1S(=O)(=O)N1CCC(C)(C)CC1. The highest BCUT2D eigenvalue weighted by Crippen LogP contribution is 2.33. The summed E-state index contributed by atoms with van der Waals surface area (Å²) in [6, 6.07) is 5.33. The fourth-order valence-electron chi connectivity index (χ4n) is 2.56. The van der Waals surface area contributed by atoms with Crippen molar-refractivity contribution in [3.8, 4) is 0 Å². The van der Waals surface area contributed by atoms with Gasteiger partial charge in [0.15, 0.2) is 0 Å². The van der Waals surface area contributed by atoms with E-state index in [-0.39, 0.29) is 5.41 Å².